The van der Waals surface area contributed by atoms with E-state index >= 15 is 0 Å². The molecule has 1 N–H and O–H groups in total. The van der Waals surface area contributed by atoms with E-state index in [4.69, 9.17) is 0 Å². The van der Waals surface area contributed by atoms with Crippen molar-refractivity contribution >= 4 is 0 Å². The summed E-state index contributed by atoms with van der Waals surface area (Å²) in [6.07, 6.45) is 7.20. The highest BCUT2D eigenvalue weighted by Crippen LogP contribution is 2.30. The Labute approximate surface area is 101 Å². The van der Waals surface area contributed by atoms with Crippen molar-refractivity contribution in [3.63, 3.8) is 0 Å². The van der Waals surface area contributed by atoms with Crippen LogP contribution in [-0.2, 0) is 0 Å². The summed E-state index contributed by atoms with van der Waals surface area (Å²) in [5.74, 6) is 1.93. The van der Waals surface area contributed by atoms with Crippen molar-refractivity contribution in [2.75, 3.05) is 26.2 Å². The lowest BCUT2D eigenvalue weighted by molar-refractivity contribution is 0.165. The Morgan fingerprint density at radius 3 is 2.69 bits per heavy atom. The molecule has 1 saturated carbocycles. The second kappa shape index (κ2) is 6.02. The Morgan fingerprint density at radius 1 is 1.06 bits per heavy atom. The fraction of sp³-hybridized carbons (Fsp3) is 1.00. The number of hydrogen-bond donors (Lipinski definition) is 1. The van der Waals surface area contributed by atoms with Gasteiger partial charge in [-0.1, -0.05) is 26.2 Å². The summed E-state index contributed by atoms with van der Waals surface area (Å²) in [6, 6.07) is 0.716. The summed E-state index contributed by atoms with van der Waals surface area (Å²) in [7, 11) is 0. The third kappa shape index (κ3) is 3.46. The monoisotopic (exact) mass is 224 g/mol. The Balaban J connectivity index is 1.79. The van der Waals surface area contributed by atoms with Crippen molar-refractivity contribution in [3.8, 4) is 0 Å². The van der Waals surface area contributed by atoms with Crippen LogP contribution in [0.2, 0.25) is 0 Å². The highest BCUT2D eigenvalue weighted by molar-refractivity contribution is 4.78. The van der Waals surface area contributed by atoms with Gasteiger partial charge in [-0.3, -0.25) is 0 Å². The van der Waals surface area contributed by atoms with E-state index in [1.807, 2.05) is 0 Å². The summed E-state index contributed by atoms with van der Waals surface area (Å²) in [4.78, 5) is 2.70. The lowest BCUT2D eigenvalue weighted by Crippen LogP contribution is -2.36. The second-order valence-electron chi connectivity index (χ2n) is 5.97. The minimum Gasteiger partial charge on any atom is -0.313 e. The van der Waals surface area contributed by atoms with E-state index in [1.165, 1.54) is 58.3 Å². The molecule has 3 atom stereocenters. The molecule has 1 saturated heterocycles. The Bertz CT molecular complexity index is 205. The van der Waals surface area contributed by atoms with Crippen molar-refractivity contribution in [1.82, 2.24) is 10.2 Å². The van der Waals surface area contributed by atoms with Crippen LogP contribution in [0.5, 0.6) is 0 Å². The van der Waals surface area contributed by atoms with Crippen molar-refractivity contribution < 1.29 is 0 Å². The summed E-state index contributed by atoms with van der Waals surface area (Å²) >= 11 is 0. The third-order valence-electron chi connectivity index (χ3n) is 4.58. The maximum absolute atomic E-state index is 3.58. The molecule has 2 heteroatoms. The van der Waals surface area contributed by atoms with Gasteiger partial charge < -0.3 is 10.2 Å². The van der Waals surface area contributed by atoms with E-state index < -0.39 is 0 Å². The molecule has 1 heterocycles. The molecule has 0 radical (unpaired) electrons. The van der Waals surface area contributed by atoms with Gasteiger partial charge in [0.2, 0.25) is 0 Å². The van der Waals surface area contributed by atoms with Crippen LogP contribution < -0.4 is 5.32 Å². The number of hydrogen-bond acceptors (Lipinski definition) is 2. The lowest BCUT2D eigenvalue weighted by atomic mass is 9.80. The van der Waals surface area contributed by atoms with Crippen LogP contribution >= 0.6 is 0 Å². The number of nitrogens with one attached hydrogen (secondary N) is 1. The molecule has 3 unspecified atom stereocenters. The highest BCUT2D eigenvalue weighted by atomic mass is 15.2. The van der Waals surface area contributed by atoms with Gasteiger partial charge in [0.15, 0.2) is 0 Å². The van der Waals surface area contributed by atoms with E-state index in [1.54, 1.807) is 0 Å². The molecule has 1 aliphatic heterocycles. The van der Waals surface area contributed by atoms with Crippen LogP contribution in [0.4, 0.5) is 0 Å². The average Bonchev–Trinajstić information content (AvgIpc) is 2.47. The summed E-state index contributed by atoms with van der Waals surface area (Å²) in [5, 5.41) is 3.58. The molecule has 16 heavy (non-hydrogen) atoms. The number of rotatable bonds is 2. The zero-order valence-corrected chi connectivity index (χ0v) is 11.0. The molecular formula is C14H28N2. The fourth-order valence-corrected chi connectivity index (χ4v) is 3.24. The maximum atomic E-state index is 3.58. The van der Waals surface area contributed by atoms with E-state index in [9.17, 15) is 0 Å². The van der Waals surface area contributed by atoms with Crippen LogP contribution in [0.25, 0.3) is 0 Å². The average molecular weight is 224 g/mol. The van der Waals surface area contributed by atoms with Gasteiger partial charge in [-0.25, -0.2) is 0 Å². The van der Waals surface area contributed by atoms with Crippen LogP contribution in [-0.4, -0.2) is 37.1 Å². The second-order valence-corrected chi connectivity index (χ2v) is 5.97. The van der Waals surface area contributed by atoms with Gasteiger partial charge in [0.25, 0.3) is 0 Å². The van der Waals surface area contributed by atoms with Gasteiger partial charge in [0.05, 0.1) is 0 Å². The molecule has 94 valence electrons. The normalized spacial score (nSPS) is 38.2. The van der Waals surface area contributed by atoms with E-state index in [2.05, 4.69) is 24.1 Å². The van der Waals surface area contributed by atoms with Crippen LogP contribution in [0.1, 0.15) is 46.0 Å². The largest absolute Gasteiger partial charge is 0.313 e. The Hall–Kier alpha value is -0.0800. The zero-order valence-electron chi connectivity index (χ0n) is 11.0. The lowest BCUT2D eigenvalue weighted by Gasteiger charge is -2.33. The molecule has 0 aromatic rings. The molecule has 2 aliphatic rings. The first kappa shape index (κ1) is 12.4. The molecule has 2 rings (SSSR count). The smallest absolute Gasteiger partial charge is 0.0107 e. The fourth-order valence-electron chi connectivity index (χ4n) is 3.24. The van der Waals surface area contributed by atoms with Crippen LogP contribution in [0.15, 0.2) is 0 Å². The summed E-state index contributed by atoms with van der Waals surface area (Å²) < 4.78 is 0. The third-order valence-corrected chi connectivity index (χ3v) is 4.58. The van der Waals surface area contributed by atoms with Crippen LogP contribution in [0.3, 0.4) is 0 Å². The Morgan fingerprint density at radius 2 is 1.88 bits per heavy atom. The van der Waals surface area contributed by atoms with Crippen molar-refractivity contribution in [3.05, 3.63) is 0 Å². The van der Waals surface area contributed by atoms with Crippen molar-refractivity contribution in [1.29, 1.82) is 0 Å². The molecule has 0 bridgehead atoms. The van der Waals surface area contributed by atoms with Gasteiger partial charge in [-0.15, -0.1) is 0 Å². The van der Waals surface area contributed by atoms with Crippen LogP contribution in [0, 0.1) is 11.8 Å². The van der Waals surface area contributed by atoms with E-state index in [0.717, 1.165) is 11.8 Å². The molecular weight excluding hydrogens is 196 g/mol. The molecule has 2 nitrogen and oxygen atoms in total. The van der Waals surface area contributed by atoms with Gasteiger partial charge in [-0.2, -0.15) is 0 Å². The summed E-state index contributed by atoms with van der Waals surface area (Å²) in [5.41, 5.74) is 0. The first-order valence-electron chi connectivity index (χ1n) is 7.21. The predicted molar refractivity (Wildman–Crippen MR) is 69.6 cm³/mol. The first-order chi connectivity index (χ1) is 7.75. The molecule has 1 aliphatic carbocycles. The van der Waals surface area contributed by atoms with Crippen molar-refractivity contribution in [2.45, 2.75) is 52.0 Å². The molecule has 0 aromatic carbocycles. The van der Waals surface area contributed by atoms with Crippen molar-refractivity contribution in [2.24, 2.45) is 11.8 Å². The predicted octanol–water partition coefficient (Wildman–Crippen LogP) is 2.50. The first-order valence-corrected chi connectivity index (χ1v) is 7.21. The highest BCUT2D eigenvalue weighted by Gasteiger charge is 2.24. The molecule has 0 amide bonds. The van der Waals surface area contributed by atoms with Gasteiger partial charge >= 0.3 is 0 Å². The van der Waals surface area contributed by atoms with Gasteiger partial charge in [0, 0.05) is 25.7 Å². The topological polar surface area (TPSA) is 15.3 Å². The molecule has 2 fully saturated rings. The maximum Gasteiger partial charge on any atom is 0.0107 e. The minimum atomic E-state index is 0.716. The Kier molecular flexibility index (Phi) is 4.66. The van der Waals surface area contributed by atoms with Gasteiger partial charge in [0.1, 0.15) is 0 Å². The quantitative estimate of drug-likeness (QED) is 0.775. The summed E-state index contributed by atoms with van der Waals surface area (Å²) in [6.45, 7) is 9.87. The molecule has 0 aromatic heterocycles. The zero-order chi connectivity index (χ0) is 11.4. The van der Waals surface area contributed by atoms with E-state index in [-0.39, 0.29) is 0 Å². The van der Waals surface area contributed by atoms with E-state index in [0.29, 0.717) is 6.04 Å². The standard InChI is InChI=1S/C14H28N2/c1-12-5-3-4-6-14(12)11-16-9-7-13(2)15-8-10-16/h12-15H,3-11H2,1-2H3. The number of nitrogens with zero attached hydrogens (tertiary/aromatic N) is 1. The minimum absolute atomic E-state index is 0.716. The molecule has 0 spiro atoms. The SMILES string of the molecule is CC1CCN(CC2CCCCC2C)CCN1. The van der Waals surface area contributed by atoms with Gasteiger partial charge in [-0.05, 0) is 38.1 Å².